The molecular formula is C20H28KNO15S2. The molecule has 0 bridgehead atoms. The van der Waals surface area contributed by atoms with Crippen molar-refractivity contribution in [2.45, 2.75) is 67.0 Å². The van der Waals surface area contributed by atoms with Crippen LogP contribution >= 0.6 is 11.8 Å². The Kier molecular flexibility index (Phi) is 13.9. The summed E-state index contributed by atoms with van der Waals surface area (Å²) in [5, 5.41) is 81.7. The summed E-state index contributed by atoms with van der Waals surface area (Å²) in [5.74, 6) is 0.136. The molecule has 39 heavy (non-hydrogen) atoms. The second kappa shape index (κ2) is 15.5. The molecule has 19 heteroatoms. The molecule has 3 rings (SSSR count). The zero-order valence-corrected chi connectivity index (χ0v) is 25.2. The van der Waals surface area contributed by atoms with E-state index in [1.54, 1.807) is 0 Å². The van der Waals surface area contributed by atoms with Gasteiger partial charge in [-0.05, 0) is 17.7 Å². The molecule has 10 atom stereocenters. The molecular weight excluding hydrogens is 597 g/mol. The number of hydrogen-bond donors (Lipinski definition) is 8. The van der Waals surface area contributed by atoms with E-state index in [2.05, 4.69) is 9.44 Å². The molecule has 2 saturated heterocycles. The molecule has 2 fully saturated rings. The Morgan fingerprint density at radius 3 is 1.95 bits per heavy atom. The van der Waals surface area contributed by atoms with Gasteiger partial charge in [-0.1, -0.05) is 29.1 Å². The Morgan fingerprint density at radius 1 is 0.872 bits per heavy atom. The maximum Gasteiger partial charge on any atom is 1.00 e. The molecule has 216 valence electrons. The van der Waals surface area contributed by atoms with Crippen LogP contribution in [0.1, 0.15) is 5.56 Å². The van der Waals surface area contributed by atoms with E-state index in [0.29, 0.717) is 17.3 Å². The number of ether oxygens (including phenoxy) is 3. The van der Waals surface area contributed by atoms with Gasteiger partial charge in [-0.3, -0.25) is 4.28 Å². The SMILES string of the molecule is O=S(=O)([O-])O/N=C(/Cc1ccc(O[C@@H]2O[C@H](CO)[C@H](O)[C@H](O)[C@H]2O)cc1)S[C@@H]1O[C@H](CO)[C@@H](O)[C@H](O)[C@H]1O.[K+]. The van der Waals surface area contributed by atoms with Gasteiger partial charge in [0.05, 0.1) is 13.2 Å². The Bertz CT molecular complexity index is 1040. The fourth-order valence-corrected chi connectivity index (χ4v) is 4.97. The molecule has 8 N–H and O–H groups in total. The van der Waals surface area contributed by atoms with Gasteiger partial charge in [-0.25, -0.2) is 0 Å². The van der Waals surface area contributed by atoms with Gasteiger partial charge < -0.3 is 59.6 Å². The van der Waals surface area contributed by atoms with Crippen LogP contribution in [0.3, 0.4) is 0 Å². The Labute approximate surface area is 269 Å². The third-order valence-corrected chi connectivity index (χ3v) is 7.08. The van der Waals surface area contributed by atoms with Gasteiger partial charge in [0.25, 0.3) is 10.4 Å². The molecule has 0 saturated carbocycles. The summed E-state index contributed by atoms with van der Waals surface area (Å²) in [6.07, 6.45) is -13.9. The first-order valence-electron chi connectivity index (χ1n) is 11.1. The van der Waals surface area contributed by atoms with Crippen LogP contribution in [0.25, 0.3) is 0 Å². The van der Waals surface area contributed by atoms with E-state index in [-0.39, 0.29) is 68.6 Å². The van der Waals surface area contributed by atoms with Gasteiger partial charge in [0.1, 0.15) is 65.1 Å². The first kappa shape index (κ1) is 35.2. The van der Waals surface area contributed by atoms with Crippen molar-refractivity contribution in [1.82, 2.24) is 0 Å². The van der Waals surface area contributed by atoms with Crippen LogP contribution in [-0.2, 0) is 30.6 Å². The van der Waals surface area contributed by atoms with E-state index in [4.69, 9.17) is 14.2 Å². The predicted octanol–water partition coefficient (Wildman–Crippen LogP) is -7.26. The van der Waals surface area contributed by atoms with Gasteiger partial charge in [0, 0.05) is 6.42 Å². The number of benzene rings is 1. The number of aliphatic hydroxyl groups is 8. The molecule has 0 unspecified atom stereocenters. The first-order valence-corrected chi connectivity index (χ1v) is 13.3. The number of thioether (sulfide) groups is 1. The number of oxime groups is 1. The molecule has 2 heterocycles. The monoisotopic (exact) mass is 625 g/mol. The third kappa shape index (κ3) is 9.49. The minimum absolute atomic E-state index is 0. The second-order valence-corrected chi connectivity index (χ2v) is 10.6. The summed E-state index contributed by atoms with van der Waals surface area (Å²) in [4.78, 5) is 0. The second-order valence-electron chi connectivity index (χ2n) is 8.42. The molecule has 0 amide bonds. The third-order valence-electron chi connectivity index (χ3n) is 5.71. The summed E-state index contributed by atoms with van der Waals surface area (Å²) in [5.41, 5.74) is -0.898. The van der Waals surface area contributed by atoms with Crippen LogP contribution < -0.4 is 56.1 Å². The zero-order valence-electron chi connectivity index (χ0n) is 20.4. The first-order chi connectivity index (χ1) is 17.8. The van der Waals surface area contributed by atoms with Crippen molar-refractivity contribution in [3.8, 4) is 5.75 Å². The average molecular weight is 626 g/mol. The van der Waals surface area contributed by atoms with Crippen molar-refractivity contribution in [2.75, 3.05) is 13.2 Å². The molecule has 16 nitrogen and oxygen atoms in total. The Morgan fingerprint density at radius 2 is 1.41 bits per heavy atom. The maximum absolute atomic E-state index is 10.9. The molecule has 2 aliphatic heterocycles. The van der Waals surface area contributed by atoms with Crippen molar-refractivity contribution < 1.29 is 124 Å². The molecule has 0 aliphatic carbocycles. The fourth-order valence-electron chi connectivity index (χ4n) is 3.64. The van der Waals surface area contributed by atoms with Crippen LogP contribution in [-0.4, -0.2) is 133 Å². The molecule has 1 aromatic rings. The smallest absolute Gasteiger partial charge is 0.714 e. The van der Waals surface area contributed by atoms with Crippen LogP contribution in [0.2, 0.25) is 0 Å². The number of nitrogens with zero attached hydrogens (tertiary/aromatic N) is 1. The van der Waals surface area contributed by atoms with Crippen molar-refractivity contribution in [3.05, 3.63) is 29.8 Å². The van der Waals surface area contributed by atoms with E-state index in [1.807, 2.05) is 0 Å². The minimum Gasteiger partial charge on any atom is -0.714 e. The standard InChI is InChI=1S/C20H29NO15S2.K/c22-6-10-13(24)15(26)17(28)19(34-10)33-9-3-1-8(2-4-9)5-12(21-36-38(30,31)32)37-20-18(29)16(27)14(25)11(7-23)35-20;/h1-4,10-11,13-20,22-29H,5-7H2,(H,30,31,32);/q;+1/p-1/b21-12-;/t10-,11-,13+,14-,15+,16+,17-,18-,19-,20+;/m1./s1. The minimum atomic E-state index is -5.24. The van der Waals surface area contributed by atoms with E-state index in [1.165, 1.54) is 24.3 Å². The van der Waals surface area contributed by atoms with Gasteiger partial charge >= 0.3 is 51.4 Å². The van der Waals surface area contributed by atoms with Crippen LogP contribution in [0.5, 0.6) is 5.75 Å². The summed E-state index contributed by atoms with van der Waals surface area (Å²) >= 11 is 0.578. The topological polar surface area (TPSA) is 268 Å². The zero-order chi connectivity index (χ0) is 28.2. The summed E-state index contributed by atoms with van der Waals surface area (Å²) in [7, 11) is -5.24. The molecule has 0 radical (unpaired) electrons. The average Bonchev–Trinajstić information content (AvgIpc) is 2.88. The van der Waals surface area contributed by atoms with Crippen molar-refractivity contribution >= 4 is 27.2 Å². The van der Waals surface area contributed by atoms with Crippen molar-refractivity contribution in [1.29, 1.82) is 0 Å². The fraction of sp³-hybridized carbons (Fsp3) is 0.650. The van der Waals surface area contributed by atoms with Crippen molar-refractivity contribution in [2.24, 2.45) is 5.16 Å². The quantitative estimate of drug-likeness (QED) is 0.0316. The Hall–Kier alpha value is -0.0136. The van der Waals surface area contributed by atoms with Crippen LogP contribution in [0, 0.1) is 0 Å². The number of aliphatic hydroxyl groups excluding tert-OH is 8. The van der Waals surface area contributed by atoms with Gasteiger partial charge in [-0.15, -0.1) is 0 Å². The van der Waals surface area contributed by atoms with Gasteiger partial charge in [-0.2, -0.15) is 8.42 Å². The van der Waals surface area contributed by atoms with E-state index < -0.39 is 84.2 Å². The van der Waals surface area contributed by atoms with Crippen molar-refractivity contribution in [3.63, 3.8) is 0 Å². The largest absolute Gasteiger partial charge is 1.00 e. The molecule has 0 aromatic heterocycles. The van der Waals surface area contributed by atoms with E-state index >= 15 is 0 Å². The molecule has 1 aromatic carbocycles. The summed E-state index contributed by atoms with van der Waals surface area (Å²) in [6, 6.07) is 5.74. The molecule has 2 aliphatic rings. The maximum atomic E-state index is 10.9. The summed E-state index contributed by atoms with van der Waals surface area (Å²) < 4.78 is 52.8. The Balaban J connectivity index is 0.00000533. The number of rotatable bonds is 9. The van der Waals surface area contributed by atoms with Crippen LogP contribution in [0.4, 0.5) is 0 Å². The van der Waals surface area contributed by atoms with Gasteiger partial charge in [0.2, 0.25) is 6.29 Å². The van der Waals surface area contributed by atoms with Crippen LogP contribution in [0.15, 0.2) is 29.4 Å². The summed E-state index contributed by atoms with van der Waals surface area (Å²) in [6.45, 7) is -1.34. The number of hydrogen-bond acceptors (Lipinski definition) is 17. The van der Waals surface area contributed by atoms with E-state index in [9.17, 15) is 53.8 Å². The van der Waals surface area contributed by atoms with Gasteiger partial charge in [0.15, 0.2) is 0 Å². The normalized spacial score (nSPS) is 35.7. The van der Waals surface area contributed by atoms with E-state index in [0.717, 1.165) is 0 Å². The predicted molar refractivity (Wildman–Crippen MR) is 124 cm³/mol. The molecule has 0 spiro atoms.